The highest BCUT2D eigenvalue weighted by Gasteiger charge is 2.13. The summed E-state index contributed by atoms with van der Waals surface area (Å²) in [5.74, 6) is 0.708. The summed E-state index contributed by atoms with van der Waals surface area (Å²) < 4.78 is 4.71. The molecule has 1 aliphatic heterocycles. The van der Waals surface area contributed by atoms with E-state index in [4.69, 9.17) is 4.74 Å². The van der Waals surface area contributed by atoms with Crippen LogP contribution in [-0.4, -0.2) is 27.9 Å². The number of rotatable bonds is 1. The standard InChI is InChI=1S/C4H5N3.C3H6O/c1-2-4-5-3-6-7-4;1-3-2-4-3/h2-3H,1H2,(H,5,6,7);3H,2H2,1H3. The van der Waals surface area contributed by atoms with Crippen molar-refractivity contribution >= 4 is 6.08 Å². The molecule has 0 aromatic carbocycles. The molecule has 2 rings (SSSR count). The molecule has 11 heavy (non-hydrogen) atoms. The molecule has 0 aliphatic carbocycles. The number of H-pyrrole nitrogens is 1. The van der Waals surface area contributed by atoms with Crippen LogP contribution < -0.4 is 0 Å². The number of epoxide rings is 1. The molecule has 1 unspecified atom stereocenters. The third-order valence-electron chi connectivity index (χ3n) is 1.13. The zero-order valence-electron chi connectivity index (χ0n) is 6.45. The molecule has 0 saturated carbocycles. The molecule has 0 radical (unpaired) electrons. The van der Waals surface area contributed by atoms with Gasteiger partial charge >= 0.3 is 0 Å². The molecular formula is C7H11N3O. The van der Waals surface area contributed by atoms with Gasteiger partial charge in [-0.2, -0.15) is 5.10 Å². The number of nitrogens with one attached hydrogen (secondary N) is 1. The van der Waals surface area contributed by atoms with Gasteiger partial charge in [-0.15, -0.1) is 0 Å². The molecule has 4 heteroatoms. The van der Waals surface area contributed by atoms with Crippen molar-refractivity contribution < 1.29 is 4.74 Å². The first kappa shape index (κ1) is 7.94. The molecule has 0 spiro atoms. The Morgan fingerprint density at radius 2 is 2.55 bits per heavy atom. The van der Waals surface area contributed by atoms with Crippen LogP contribution >= 0.6 is 0 Å². The van der Waals surface area contributed by atoms with E-state index in [0.717, 1.165) is 6.61 Å². The molecule has 1 atom stereocenters. The van der Waals surface area contributed by atoms with Gasteiger partial charge in [-0.3, -0.25) is 5.10 Å². The van der Waals surface area contributed by atoms with Gasteiger partial charge in [0.15, 0.2) is 0 Å². The van der Waals surface area contributed by atoms with Gasteiger partial charge in [0.2, 0.25) is 0 Å². The van der Waals surface area contributed by atoms with E-state index in [0.29, 0.717) is 11.9 Å². The number of ether oxygens (including phenoxy) is 1. The van der Waals surface area contributed by atoms with Gasteiger partial charge in [-0.1, -0.05) is 6.58 Å². The first-order valence-electron chi connectivity index (χ1n) is 3.42. The Labute approximate surface area is 65.3 Å². The van der Waals surface area contributed by atoms with Crippen LogP contribution in [0.25, 0.3) is 6.08 Å². The first-order chi connectivity index (χ1) is 5.33. The summed E-state index contributed by atoms with van der Waals surface area (Å²) in [4.78, 5) is 3.75. The summed E-state index contributed by atoms with van der Waals surface area (Å²) in [5.41, 5.74) is 0. The topological polar surface area (TPSA) is 54.1 Å². The third-order valence-corrected chi connectivity index (χ3v) is 1.13. The van der Waals surface area contributed by atoms with E-state index >= 15 is 0 Å². The van der Waals surface area contributed by atoms with Crippen molar-refractivity contribution in [3.8, 4) is 0 Å². The summed E-state index contributed by atoms with van der Waals surface area (Å²) >= 11 is 0. The molecule has 1 aromatic rings. The van der Waals surface area contributed by atoms with Gasteiger partial charge < -0.3 is 4.74 Å². The van der Waals surface area contributed by atoms with Crippen molar-refractivity contribution in [3.63, 3.8) is 0 Å². The lowest BCUT2D eigenvalue weighted by atomic mass is 10.6. The third kappa shape index (κ3) is 3.52. The van der Waals surface area contributed by atoms with Crippen molar-refractivity contribution in [1.29, 1.82) is 0 Å². The fraction of sp³-hybridized carbons (Fsp3) is 0.429. The molecule has 0 amide bonds. The van der Waals surface area contributed by atoms with Crippen LogP contribution in [-0.2, 0) is 4.74 Å². The maximum absolute atomic E-state index is 4.71. The molecule has 60 valence electrons. The summed E-state index contributed by atoms with van der Waals surface area (Å²) in [5, 5.41) is 6.19. The van der Waals surface area contributed by atoms with E-state index in [2.05, 4.69) is 28.7 Å². The molecule has 4 nitrogen and oxygen atoms in total. The van der Waals surface area contributed by atoms with Crippen molar-refractivity contribution in [3.05, 3.63) is 18.7 Å². The Balaban J connectivity index is 0.000000128. The van der Waals surface area contributed by atoms with Gasteiger partial charge in [-0.05, 0) is 13.0 Å². The van der Waals surface area contributed by atoms with Crippen LogP contribution in [0, 0.1) is 0 Å². The van der Waals surface area contributed by atoms with Gasteiger partial charge in [0.05, 0.1) is 12.7 Å². The number of hydrogen-bond acceptors (Lipinski definition) is 3. The minimum atomic E-state index is 0.583. The minimum absolute atomic E-state index is 0.583. The second kappa shape index (κ2) is 3.88. The maximum Gasteiger partial charge on any atom is 0.147 e. The largest absolute Gasteiger partial charge is 0.373 e. The highest BCUT2D eigenvalue weighted by molar-refractivity contribution is 5.33. The predicted molar refractivity (Wildman–Crippen MR) is 41.9 cm³/mol. The average molecular weight is 153 g/mol. The second-order valence-corrected chi connectivity index (χ2v) is 2.22. The van der Waals surface area contributed by atoms with Gasteiger partial charge in [0.1, 0.15) is 12.2 Å². The Kier molecular flexibility index (Phi) is 2.80. The lowest BCUT2D eigenvalue weighted by Gasteiger charge is -1.70. The van der Waals surface area contributed by atoms with Crippen LogP contribution in [0.2, 0.25) is 0 Å². The van der Waals surface area contributed by atoms with E-state index in [9.17, 15) is 0 Å². The molecule has 1 fully saturated rings. The Bertz CT molecular complexity index is 203. The van der Waals surface area contributed by atoms with Crippen LogP contribution in [0.4, 0.5) is 0 Å². The SMILES string of the molecule is C=Cc1ncn[nH]1.CC1CO1. The summed E-state index contributed by atoms with van der Waals surface area (Å²) in [6, 6.07) is 0. The minimum Gasteiger partial charge on any atom is -0.373 e. The smallest absolute Gasteiger partial charge is 0.147 e. The van der Waals surface area contributed by atoms with Crippen molar-refractivity contribution in [2.75, 3.05) is 6.61 Å². The number of hydrogen-bond donors (Lipinski definition) is 1. The predicted octanol–water partition coefficient (Wildman–Crippen LogP) is 0.853. The molecular weight excluding hydrogens is 142 g/mol. The van der Waals surface area contributed by atoms with E-state index in [1.165, 1.54) is 6.33 Å². The zero-order valence-corrected chi connectivity index (χ0v) is 6.45. The van der Waals surface area contributed by atoms with Crippen LogP contribution in [0.15, 0.2) is 12.9 Å². The van der Waals surface area contributed by atoms with Crippen LogP contribution in [0.3, 0.4) is 0 Å². The Hall–Kier alpha value is -1.16. The number of aromatic amines is 1. The van der Waals surface area contributed by atoms with Crippen LogP contribution in [0.1, 0.15) is 12.7 Å². The zero-order chi connectivity index (χ0) is 8.10. The van der Waals surface area contributed by atoms with Crippen LogP contribution in [0.5, 0.6) is 0 Å². The highest BCUT2D eigenvalue weighted by atomic mass is 16.6. The fourth-order valence-corrected chi connectivity index (χ4v) is 0.410. The van der Waals surface area contributed by atoms with Gasteiger partial charge in [-0.25, -0.2) is 4.98 Å². The molecule has 1 aliphatic rings. The monoisotopic (exact) mass is 153 g/mol. The molecule has 0 bridgehead atoms. The number of nitrogens with zero attached hydrogens (tertiary/aromatic N) is 2. The summed E-state index contributed by atoms with van der Waals surface area (Å²) in [7, 11) is 0. The lowest BCUT2D eigenvalue weighted by Crippen LogP contribution is -1.70. The fourth-order valence-electron chi connectivity index (χ4n) is 0.410. The van der Waals surface area contributed by atoms with E-state index in [1.54, 1.807) is 6.08 Å². The maximum atomic E-state index is 4.71. The molecule has 1 saturated heterocycles. The van der Waals surface area contributed by atoms with Crippen molar-refractivity contribution in [2.24, 2.45) is 0 Å². The van der Waals surface area contributed by atoms with E-state index in [-0.39, 0.29) is 0 Å². The summed E-state index contributed by atoms with van der Waals surface area (Å²) in [6.07, 6.45) is 3.63. The van der Waals surface area contributed by atoms with Crippen molar-refractivity contribution in [1.82, 2.24) is 15.2 Å². The number of aromatic nitrogens is 3. The lowest BCUT2D eigenvalue weighted by molar-refractivity contribution is 0.423. The quantitative estimate of drug-likeness (QED) is 0.608. The second-order valence-electron chi connectivity index (χ2n) is 2.22. The van der Waals surface area contributed by atoms with E-state index in [1.807, 2.05) is 0 Å². The summed E-state index contributed by atoms with van der Waals surface area (Å²) in [6.45, 7) is 6.51. The first-order valence-corrected chi connectivity index (χ1v) is 3.42. The molecule has 1 aromatic heterocycles. The van der Waals surface area contributed by atoms with E-state index < -0.39 is 0 Å². The Morgan fingerprint density at radius 3 is 2.73 bits per heavy atom. The molecule has 1 N–H and O–H groups in total. The molecule has 2 heterocycles. The van der Waals surface area contributed by atoms with Crippen molar-refractivity contribution in [2.45, 2.75) is 13.0 Å². The van der Waals surface area contributed by atoms with Gasteiger partial charge in [0, 0.05) is 0 Å². The highest BCUT2D eigenvalue weighted by Crippen LogP contribution is 2.04. The normalized spacial score (nSPS) is 19.9. The van der Waals surface area contributed by atoms with Gasteiger partial charge in [0.25, 0.3) is 0 Å². The average Bonchev–Trinajstić information content (AvgIpc) is 2.66. The Morgan fingerprint density at radius 1 is 1.91 bits per heavy atom.